The van der Waals surface area contributed by atoms with Crippen LogP contribution in [0.3, 0.4) is 0 Å². The van der Waals surface area contributed by atoms with E-state index in [1.54, 1.807) is 6.07 Å². The lowest BCUT2D eigenvalue weighted by Crippen LogP contribution is -1.92. The lowest BCUT2D eigenvalue weighted by Gasteiger charge is -2.06. The summed E-state index contributed by atoms with van der Waals surface area (Å²) < 4.78 is 0. The lowest BCUT2D eigenvalue weighted by molar-refractivity contribution is 0.336. The van der Waals surface area contributed by atoms with Crippen LogP contribution in [0.5, 0.6) is 0 Å². The van der Waals surface area contributed by atoms with Crippen LogP contribution in [-0.4, -0.2) is 11.7 Å². The van der Waals surface area contributed by atoms with Gasteiger partial charge in [-0.05, 0) is 24.1 Å². The molecule has 0 spiro atoms. The van der Waals surface area contributed by atoms with Gasteiger partial charge in [0.1, 0.15) is 0 Å². The summed E-state index contributed by atoms with van der Waals surface area (Å²) >= 11 is 5.99. The fourth-order valence-corrected chi connectivity index (χ4v) is 1.48. The molecule has 0 radical (unpaired) electrons. The fourth-order valence-electron chi connectivity index (χ4n) is 1.20. The molecule has 1 N–H and O–H groups in total. The van der Waals surface area contributed by atoms with Crippen LogP contribution in [0, 0.1) is 12.3 Å². The summed E-state index contributed by atoms with van der Waals surface area (Å²) in [6.07, 6.45) is 5.26. The van der Waals surface area contributed by atoms with E-state index >= 15 is 0 Å². The second-order valence-electron chi connectivity index (χ2n) is 2.89. The molecule has 0 aromatic heterocycles. The molecule has 0 fully saturated rings. The second-order valence-corrected chi connectivity index (χ2v) is 3.29. The Kier molecular flexibility index (Phi) is 3.76. The quantitative estimate of drug-likeness (QED) is 0.738. The molecule has 1 rings (SSSR count). The molecular formula is C12H11ClO. The molecule has 1 aromatic carbocycles. The van der Waals surface area contributed by atoms with Crippen LogP contribution in [0.25, 0.3) is 5.57 Å². The molecule has 0 saturated carbocycles. The highest BCUT2D eigenvalue weighted by Gasteiger charge is 2.04. The van der Waals surface area contributed by atoms with Crippen molar-refractivity contribution in [2.24, 2.45) is 0 Å². The topological polar surface area (TPSA) is 20.2 Å². The van der Waals surface area contributed by atoms with E-state index in [2.05, 4.69) is 5.92 Å². The minimum Gasteiger partial charge on any atom is -0.391 e. The van der Waals surface area contributed by atoms with E-state index in [0.29, 0.717) is 10.6 Å². The number of hydrogen-bond acceptors (Lipinski definition) is 1. The Morgan fingerprint density at radius 1 is 1.50 bits per heavy atom. The zero-order chi connectivity index (χ0) is 10.6. The summed E-state index contributed by atoms with van der Waals surface area (Å²) in [5.74, 6) is 2.45. The first-order valence-electron chi connectivity index (χ1n) is 4.22. The molecule has 1 nitrogen and oxygen atoms in total. The van der Waals surface area contributed by atoms with Gasteiger partial charge in [-0.15, -0.1) is 6.42 Å². The van der Waals surface area contributed by atoms with Crippen molar-refractivity contribution >= 4 is 17.2 Å². The average molecular weight is 207 g/mol. The van der Waals surface area contributed by atoms with Gasteiger partial charge in [0.25, 0.3) is 0 Å². The Morgan fingerprint density at radius 3 is 2.64 bits per heavy atom. The molecule has 72 valence electrons. The number of allylic oxidation sites excluding steroid dienone is 1. The summed E-state index contributed by atoms with van der Waals surface area (Å²) in [7, 11) is 0. The highest BCUT2D eigenvalue weighted by Crippen LogP contribution is 2.25. The maximum absolute atomic E-state index is 9.01. The number of hydrogen-bond donors (Lipinski definition) is 1. The molecule has 0 aliphatic heterocycles. The normalized spacial score (nSPS) is 11.9. The molecule has 0 saturated heterocycles. The minimum atomic E-state index is -0.131. The van der Waals surface area contributed by atoms with Crippen LogP contribution >= 0.6 is 11.6 Å². The van der Waals surface area contributed by atoms with Gasteiger partial charge in [0.2, 0.25) is 0 Å². The predicted molar refractivity (Wildman–Crippen MR) is 60.0 cm³/mol. The molecule has 0 aliphatic carbocycles. The summed E-state index contributed by atoms with van der Waals surface area (Å²) in [6, 6.07) is 7.42. The SMILES string of the molecule is C#C/C(CO)=C(/C)c1ccccc1Cl. The van der Waals surface area contributed by atoms with Gasteiger partial charge in [0.15, 0.2) is 0 Å². The lowest BCUT2D eigenvalue weighted by atomic mass is 10.0. The Labute approximate surface area is 89.0 Å². The molecular weight excluding hydrogens is 196 g/mol. The van der Waals surface area contributed by atoms with Crippen molar-refractivity contribution in [2.45, 2.75) is 6.92 Å². The van der Waals surface area contributed by atoms with Crippen molar-refractivity contribution < 1.29 is 5.11 Å². The molecule has 0 aliphatic rings. The Morgan fingerprint density at radius 2 is 2.14 bits per heavy atom. The van der Waals surface area contributed by atoms with Crippen LogP contribution < -0.4 is 0 Å². The largest absolute Gasteiger partial charge is 0.391 e. The average Bonchev–Trinajstić information content (AvgIpc) is 2.20. The van der Waals surface area contributed by atoms with Gasteiger partial charge in [-0.3, -0.25) is 0 Å². The number of aliphatic hydroxyl groups excluding tert-OH is 1. The van der Waals surface area contributed by atoms with Crippen LogP contribution in [0.2, 0.25) is 5.02 Å². The van der Waals surface area contributed by atoms with Crippen LogP contribution in [0.15, 0.2) is 29.8 Å². The van der Waals surface area contributed by atoms with E-state index in [1.807, 2.05) is 25.1 Å². The number of halogens is 1. The molecule has 0 amide bonds. The smallest absolute Gasteiger partial charge is 0.0763 e. The summed E-state index contributed by atoms with van der Waals surface area (Å²) in [6.45, 7) is 1.72. The Balaban J connectivity index is 3.25. The van der Waals surface area contributed by atoms with Gasteiger partial charge in [0, 0.05) is 10.6 Å². The van der Waals surface area contributed by atoms with E-state index in [9.17, 15) is 0 Å². The zero-order valence-electron chi connectivity index (χ0n) is 7.92. The van der Waals surface area contributed by atoms with Crippen molar-refractivity contribution in [1.29, 1.82) is 0 Å². The Bertz CT molecular complexity index is 399. The first-order chi connectivity index (χ1) is 6.70. The van der Waals surface area contributed by atoms with Crippen LogP contribution in [0.4, 0.5) is 0 Å². The third-order valence-electron chi connectivity index (χ3n) is 2.06. The molecule has 0 bridgehead atoms. The number of terminal acetylenes is 1. The third kappa shape index (κ3) is 2.17. The van der Waals surface area contributed by atoms with Crippen molar-refractivity contribution in [1.82, 2.24) is 0 Å². The summed E-state index contributed by atoms with van der Waals surface area (Å²) in [5.41, 5.74) is 2.29. The Hall–Kier alpha value is -1.23. The van der Waals surface area contributed by atoms with Gasteiger partial charge < -0.3 is 5.11 Å². The van der Waals surface area contributed by atoms with Gasteiger partial charge in [-0.25, -0.2) is 0 Å². The molecule has 14 heavy (non-hydrogen) atoms. The molecule has 0 unspecified atom stereocenters. The van der Waals surface area contributed by atoms with E-state index in [4.69, 9.17) is 23.1 Å². The molecule has 2 heteroatoms. The number of benzene rings is 1. The third-order valence-corrected chi connectivity index (χ3v) is 2.39. The second kappa shape index (κ2) is 4.85. The van der Waals surface area contributed by atoms with Crippen molar-refractivity contribution in [2.75, 3.05) is 6.61 Å². The molecule has 1 aromatic rings. The highest BCUT2D eigenvalue weighted by atomic mass is 35.5. The highest BCUT2D eigenvalue weighted by molar-refractivity contribution is 6.32. The van der Waals surface area contributed by atoms with Gasteiger partial charge in [0.05, 0.1) is 6.61 Å². The van der Waals surface area contributed by atoms with Gasteiger partial charge >= 0.3 is 0 Å². The fraction of sp³-hybridized carbons (Fsp3) is 0.167. The van der Waals surface area contributed by atoms with Gasteiger partial charge in [-0.2, -0.15) is 0 Å². The van der Waals surface area contributed by atoms with Crippen LogP contribution in [0.1, 0.15) is 12.5 Å². The van der Waals surface area contributed by atoms with Crippen molar-refractivity contribution in [3.05, 3.63) is 40.4 Å². The monoisotopic (exact) mass is 206 g/mol. The number of aliphatic hydroxyl groups is 1. The summed E-state index contributed by atoms with van der Waals surface area (Å²) in [5, 5.41) is 9.65. The molecule has 0 heterocycles. The number of rotatable bonds is 2. The van der Waals surface area contributed by atoms with E-state index in [1.165, 1.54) is 0 Å². The van der Waals surface area contributed by atoms with Crippen LogP contribution in [-0.2, 0) is 0 Å². The maximum atomic E-state index is 9.01. The van der Waals surface area contributed by atoms with E-state index in [0.717, 1.165) is 11.1 Å². The van der Waals surface area contributed by atoms with E-state index < -0.39 is 0 Å². The summed E-state index contributed by atoms with van der Waals surface area (Å²) in [4.78, 5) is 0. The zero-order valence-corrected chi connectivity index (χ0v) is 8.67. The maximum Gasteiger partial charge on any atom is 0.0763 e. The first kappa shape index (κ1) is 10.8. The first-order valence-corrected chi connectivity index (χ1v) is 4.60. The standard InChI is InChI=1S/C12H11ClO/c1-3-10(8-14)9(2)11-6-4-5-7-12(11)13/h1,4-7,14H,8H2,2H3/b10-9+. The van der Waals surface area contributed by atoms with Gasteiger partial charge in [-0.1, -0.05) is 35.7 Å². The molecule has 0 atom stereocenters. The van der Waals surface area contributed by atoms with Crippen molar-refractivity contribution in [3.63, 3.8) is 0 Å². The van der Waals surface area contributed by atoms with E-state index in [-0.39, 0.29) is 6.61 Å². The van der Waals surface area contributed by atoms with Crippen molar-refractivity contribution in [3.8, 4) is 12.3 Å². The predicted octanol–water partition coefficient (Wildman–Crippen LogP) is 2.74. The minimum absolute atomic E-state index is 0.131.